The number of nitrogens with zero attached hydrogens (tertiary/aromatic N) is 3. The van der Waals surface area contributed by atoms with Gasteiger partial charge in [-0.2, -0.15) is 0 Å². The van der Waals surface area contributed by atoms with E-state index >= 15 is 0 Å². The van der Waals surface area contributed by atoms with Gasteiger partial charge >= 0.3 is 6.01 Å². The Morgan fingerprint density at radius 1 is 1.55 bits per heavy atom. The van der Waals surface area contributed by atoms with Crippen molar-refractivity contribution < 1.29 is 9.21 Å². The van der Waals surface area contributed by atoms with Crippen molar-refractivity contribution >= 4 is 11.9 Å². The van der Waals surface area contributed by atoms with Crippen LogP contribution in [0.1, 0.15) is 38.6 Å². The smallest absolute Gasteiger partial charge is 0.318 e. The standard InChI is InChI=1S/C13H21N5O2/c1-3-14-8(2)12-16-17-13(20-12)18-6-4-5-9-10(18)7-15-11(9)19/h8-10,14H,3-7H2,1-2H3,(H,15,19). The molecule has 2 saturated heterocycles. The van der Waals surface area contributed by atoms with Crippen LogP contribution in [0.4, 0.5) is 6.01 Å². The number of fused-ring (bicyclic) bond motifs is 1. The van der Waals surface area contributed by atoms with Gasteiger partial charge in [0.25, 0.3) is 0 Å². The SMILES string of the molecule is CCNC(C)c1nnc(N2CCCC3C(=O)NCC32)o1. The summed E-state index contributed by atoms with van der Waals surface area (Å²) in [6, 6.07) is 0.736. The normalized spacial score (nSPS) is 27.3. The number of rotatable bonds is 4. The van der Waals surface area contributed by atoms with Gasteiger partial charge < -0.3 is 20.0 Å². The van der Waals surface area contributed by atoms with E-state index in [4.69, 9.17) is 4.42 Å². The number of hydrogen-bond donors (Lipinski definition) is 2. The Hall–Kier alpha value is -1.63. The van der Waals surface area contributed by atoms with Crippen LogP contribution in [-0.4, -0.2) is 41.8 Å². The van der Waals surface area contributed by atoms with Gasteiger partial charge in [-0.05, 0) is 26.3 Å². The Kier molecular flexibility index (Phi) is 3.60. The maximum absolute atomic E-state index is 11.8. The minimum absolute atomic E-state index is 0.0465. The van der Waals surface area contributed by atoms with E-state index < -0.39 is 0 Å². The fourth-order valence-electron chi connectivity index (χ4n) is 3.10. The predicted molar refractivity (Wildman–Crippen MR) is 73.3 cm³/mol. The third-order valence-electron chi connectivity index (χ3n) is 4.16. The molecule has 2 N–H and O–H groups in total. The van der Waals surface area contributed by atoms with Crippen molar-refractivity contribution in [1.82, 2.24) is 20.8 Å². The zero-order valence-corrected chi connectivity index (χ0v) is 11.9. The lowest BCUT2D eigenvalue weighted by atomic mass is 9.92. The molecular formula is C13H21N5O2. The van der Waals surface area contributed by atoms with Crippen LogP contribution in [0.2, 0.25) is 0 Å². The highest BCUT2D eigenvalue weighted by Crippen LogP contribution is 2.31. The predicted octanol–water partition coefficient (Wildman–Crippen LogP) is 0.455. The molecule has 7 heteroatoms. The summed E-state index contributed by atoms with van der Waals surface area (Å²) in [5.74, 6) is 0.812. The highest BCUT2D eigenvalue weighted by Gasteiger charge is 2.42. The fraction of sp³-hybridized carbons (Fsp3) is 0.769. The van der Waals surface area contributed by atoms with Crippen molar-refractivity contribution in [3.05, 3.63) is 5.89 Å². The van der Waals surface area contributed by atoms with Crippen molar-refractivity contribution in [3.63, 3.8) is 0 Å². The first kappa shape index (κ1) is 13.4. The van der Waals surface area contributed by atoms with Crippen LogP contribution >= 0.6 is 0 Å². The molecule has 0 radical (unpaired) electrons. The van der Waals surface area contributed by atoms with Gasteiger partial charge in [0.1, 0.15) is 0 Å². The van der Waals surface area contributed by atoms with E-state index in [-0.39, 0.29) is 23.9 Å². The number of carbonyl (C=O) groups excluding carboxylic acids is 1. The van der Waals surface area contributed by atoms with Gasteiger partial charge in [0, 0.05) is 13.1 Å². The quantitative estimate of drug-likeness (QED) is 0.833. The van der Waals surface area contributed by atoms with Crippen molar-refractivity contribution in [1.29, 1.82) is 0 Å². The van der Waals surface area contributed by atoms with E-state index in [9.17, 15) is 4.79 Å². The van der Waals surface area contributed by atoms with Gasteiger partial charge in [0.15, 0.2) is 0 Å². The number of aromatic nitrogens is 2. The van der Waals surface area contributed by atoms with Gasteiger partial charge in [-0.15, -0.1) is 5.10 Å². The molecule has 1 aromatic rings. The lowest BCUT2D eigenvalue weighted by molar-refractivity contribution is -0.123. The molecule has 0 bridgehead atoms. The number of piperidine rings is 1. The van der Waals surface area contributed by atoms with Gasteiger partial charge in [-0.25, -0.2) is 0 Å². The number of nitrogens with one attached hydrogen (secondary N) is 2. The molecule has 1 amide bonds. The summed E-state index contributed by atoms with van der Waals surface area (Å²) < 4.78 is 5.78. The van der Waals surface area contributed by atoms with Crippen molar-refractivity contribution in [2.75, 3.05) is 24.5 Å². The average Bonchev–Trinajstić information content (AvgIpc) is 3.07. The average molecular weight is 279 g/mol. The Balaban J connectivity index is 1.77. The third kappa shape index (κ3) is 2.26. The molecule has 2 fully saturated rings. The molecule has 3 unspecified atom stereocenters. The maximum atomic E-state index is 11.8. The highest BCUT2D eigenvalue weighted by molar-refractivity contribution is 5.82. The van der Waals surface area contributed by atoms with Gasteiger partial charge in [0.2, 0.25) is 11.8 Å². The Labute approximate surface area is 118 Å². The minimum Gasteiger partial charge on any atom is -0.406 e. The van der Waals surface area contributed by atoms with Crippen LogP contribution < -0.4 is 15.5 Å². The first-order valence-electron chi connectivity index (χ1n) is 7.32. The number of anilines is 1. The largest absolute Gasteiger partial charge is 0.406 e. The Bertz CT molecular complexity index is 489. The van der Waals surface area contributed by atoms with E-state index in [2.05, 4.69) is 25.7 Å². The second-order valence-corrected chi connectivity index (χ2v) is 5.46. The first-order valence-corrected chi connectivity index (χ1v) is 7.32. The van der Waals surface area contributed by atoms with E-state index in [1.54, 1.807) is 0 Å². The minimum atomic E-state index is 0.0465. The van der Waals surface area contributed by atoms with E-state index in [1.807, 2.05) is 13.8 Å². The fourth-order valence-corrected chi connectivity index (χ4v) is 3.10. The summed E-state index contributed by atoms with van der Waals surface area (Å²) in [5, 5.41) is 14.5. The molecule has 7 nitrogen and oxygen atoms in total. The summed E-state index contributed by atoms with van der Waals surface area (Å²) in [4.78, 5) is 13.9. The molecule has 0 saturated carbocycles. The van der Waals surface area contributed by atoms with Crippen LogP contribution in [0.5, 0.6) is 0 Å². The molecule has 2 aliphatic heterocycles. The lowest BCUT2D eigenvalue weighted by Gasteiger charge is -2.34. The maximum Gasteiger partial charge on any atom is 0.318 e. The van der Waals surface area contributed by atoms with Crippen LogP contribution in [0.15, 0.2) is 4.42 Å². The van der Waals surface area contributed by atoms with Gasteiger partial charge in [-0.1, -0.05) is 12.0 Å². The van der Waals surface area contributed by atoms with Crippen molar-refractivity contribution in [2.24, 2.45) is 5.92 Å². The van der Waals surface area contributed by atoms with Crippen LogP contribution in [0, 0.1) is 5.92 Å². The second-order valence-electron chi connectivity index (χ2n) is 5.46. The van der Waals surface area contributed by atoms with Crippen LogP contribution in [0.3, 0.4) is 0 Å². The number of carbonyl (C=O) groups is 1. The Morgan fingerprint density at radius 3 is 3.20 bits per heavy atom. The highest BCUT2D eigenvalue weighted by atomic mass is 16.4. The summed E-state index contributed by atoms with van der Waals surface area (Å²) in [6.07, 6.45) is 1.93. The van der Waals surface area contributed by atoms with Crippen molar-refractivity contribution in [3.8, 4) is 0 Å². The van der Waals surface area contributed by atoms with Crippen molar-refractivity contribution in [2.45, 2.75) is 38.8 Å². The first-order chi connectivity index (χ1) is 9.70. The zero-order chi connectivity index (χ0) is 14.1. The second kappa shape index (κ2) is 5.40. The molecule has 110 valence electrons. The molecule has 2 aliphatic rings. The Morgan fingerprint density at radius 2 is 2.40 bits per heavy atom. The van der Waals surface area contributed by atoms with E-state index in [0.717, 1.165) is 25.9 Å². The molecule has 1 aromatic heterocycles. The van der Waals surface area contributed by atoms with Gasteiger partial charge in [-0.3, -0.25) is 4.79 Å². The van der Waals surface area contributed by atoms with E-state index in [0.29, 0.717) is 18.5 Å². The summed E-state index contributed by atoms with van der Waals surface area (Å²) in [7, 11) is 0. The summed E-state index contributed by atoms with van der Waals surface area (Å²) in [5.41, 5.74) is 0. The van der Waals surface area contributed by atoms with E-state index in [1.165, 1.54) is 0 Å². The van der Waals surface area contributed by atoms with Gasteiger partial charge in [0.05, 0.1) is 18.0 Å². The lowest BCUT2D eigenvalue weighted by Crippen LogP contribution is -2.45. The molecule has 3 heterocycles. The topological polar surface area (TPSA) is 83.3 Å². The number of hydrogen-bond acceptors (Lipinski definition) is 6. The summed E-state index contributed by atoms with van der Waals surface area (Å²) in [6.45, 7) is 6.43. The molecule has 20 heavy (non-hydrogen) atoms. The summed E-state index contributed by atoms with van der Waals surface area (Å²) >= 11 is 0. The monoisotopic (exact) mass is 279 g/mol. The molecule has 3 atom stereocenters. The molecule has 0 aromatic carbocycles. The van der Waals surface area contributed by atoms with Crippen LogP contribution in [-0.2, 0) is 4.79 Å². The molecule has 3 rings (SSSR count). The zero-order valence-electron chi connectivity index (χ0n) is 11.9. The third-order valence-corrected chi connectivity index (χ3v) is 4.16. The number of amides is 1. The molecule has 0 aliphatic carbocycles. The van der Waals surface area contributed by atoms with Crippen LogP contribution in [0.25, 0.3) is 0 Å². The molecule has 0 spiro atoms. The molecular weight excluding hydrogens is 258 g/mol.